The van der Waals surface area contributed by atoms with E-state index in [9.17, 15) is 13.2 Å². The molecule has 9 heteroatoms. The molecule has 7 nitrogen and oxygen atoms in total. The summed E-state index contributed by atoms with van der Waals surface area (Å²) in [5.41, 5.74) is 0. The molecule has 0 radical (unpaired) electrons. The maximum atomic E-state index is 12.3. The highest BCUT2D eigenvalue weighted by Gasteiger charge is 2.27. The van der Waals surface area contributed by atoms with Gasteiger partial charge in [-0.1, -0.05) is 31.2 Å². The van der Waals surface area contributed by atoms with Crippen LogP contribution in [0, 0.1) is 0 Å². The molecule has 0 saturated heterocycles. The van der Waals surface area contributed by atoms with Crippen molar-refractivity contribution in [1.29, 1.82) is 0 Å². The highest BCUT2D eigenvalue weighted by atomic mass is 35.5. The number of hydrogen-bond donors (Lipinski definition) is 0. The predicted molar refractivity (Wildman–Crippen MR) is 84.5 cm³/mol. The molecule has 22 heavy (non-hydrogen) atoms. The number of halogens is 1. The molecule has 122 valence electrons. The van der Waals surface area contributed by atoms with Crippen molar-refractivity contribution < 1.29 is 13.2 Å². The Bertz CT molecular complexity index is 669. The van der Waals surface area contributed by atoms with Gasteiger partial charge in [0.25, 0.3) is 5.16 Å². The lowest BCUT2D eigenvalue weighted by Gasteiger charge is -2.19. The minimum absolute atomic E-state index is 0.0969. The van der Waals surface area contributed by atoms with E-state index in [0.29, 0.717) is 6.42 Å². The van der Waals surface area contributed by atoms with E-state index in [1.165, 1.54) is 11.0 Å². The number of sulfone groups is 1. The molecule has 1 unspecified atom stereocenters. The molecule has 0 aromatic carbocycles. The topological polar surface area (TPSA) is 85.2 Å². The molecule has 1 aromatic rings. The lowest BCUT2D eigenvalue weighted by molar-refractivity contribution is 0.206. The maximum Gasteiger partial charge on any atom is 0.346 e. The van der Waals surface area contributed by atoms with Gasteiger partial charge in [0.1, 0.15) is 6.33 Å². The highest BCUT2D eigenvalue weighted by molar-refractivity contribution is 7.91. The third kappa shape index (κ3) is 4.17. The SMILES string of the molecule is C=CCN(CC(=C)Cl)C(=O)n1cnc(S(=O)(=O)C(C)CC)n1. The Hall–Kier alpha value is -1.67. The van der Waals surface area contributed by atoms with Crippen LogP contribution in [0.5, 0.6) is 0 Å². The first-order valence-corrected chi connectivity index (χ1v) is 8.55. The molecule has 1 amide bonds. The standard InChI is InChI=1S/C13H19ClN4O3S/c1-5-7-17(8-10(3)14)13(19)18-9-15-12(16-18)22(20,21)11(4)6-2/h5,9,11H,1,3,6-8H2,2,4H3. The van der Waals surface area contributed by atoms with Crippen LogP contribution in [0.1, 0.15) is 20.3 Å². The van der Waals surface area contributed by atoms with Crippen LogP contribution < -0.4 is 0 Å². The zero-order valence-electron chi connectivity index (χ0n) is 12.6. The number of rotatable bonds is 7. The second-order valence-corrected chi connectivity index (χ2v) is 7.50. The van der Waals surface area contributed by atoms with Crippen molar-refractivity contribution >= 4 is 27.5 Å². The summed E-state index contributed by atoms with van der Waals surface area (Å²) in [6, 6.07) is -0.556. The normalized spacial score (nSPS) is 12.7. The minimum atomic E-state index is -3.64. The van der Waals surface area contributed by atoms with Gasteiger partial charge in [0.05, 0.1) is 11.8 Å². The summed E-state index contributed by atoms with van der Waals surface area (Å²) in [6.45, 7) is 10.7. The molecule has 1 atom stereocenters. The van der Waals surface area contributed by atoms with Gasteiger partial charge in [-0.15, -0.1) is 11.7 Å². The zero-order chi connectivity index (χ0) is 16.9. The molecular formula is C13H19ClN4O3S. The first-order chi connectivity index (χ1) is 10.2. The Kier molecular flexibility index (Phi) is 6.31. The molecule has 1 heterocycles. The van der Waals surface area contributed by atoms with Gasteiger partial charge in [-0.3, -0.25) is 0 Å². The molecule has 1 aromatic heterocycles. The van der Waals surface area contributed by atoms with Crippen molar-refractivity contribution in [2.45, 2.75) is 30.7 Å². The summed E-state index contributed by atoms with van der Waals surface area (Å²) >= 11 is 5.71. The van der Waals surface area contributed by atoms with Gasteiger partial charge in [0, 0.05) is 11.6 Å². The highest BCUT2D eigenvalue weighted by Crippen LogP contribution is 2.14. The van der Waals surface area contributed by atoms with Crippen molar-refractivity contribution in [1.82, 2.24) is 19.7 Å². The van der Waals surface area contributed by atoms with Gasteiger partial charge in [-0.25, -0.2) is 18.2 Å². The fourth-order valence-electron chi connectivity index (χ4n) is 1.59. The van der Waals surface area contributed by atoms with Crippen LogP contribution in [0.25, 0.3) is 0 Å². The van der Waals surface area contributed by atoms with Crippen LogP contribution in [0.15, 0.2) is 35.7 Å². The number of aromatic nitrogens is 3. The van der Waals surface area contributed by atoms with E-state index < -0.39 is 21.1 Å². The van der Waals surface area contributed by atoms with Gasteiger partial charge in [-0.05, 0) is 13.3 Å². The summed E-state index contributed by atoms with van der Waals surface area (Å²) < 4.78 is 25.2. The van der Waals surface area contributed by atoms with E-state index in [1.807, 2.05) is 0 Å². The van der Waals surface area contributed by atoms with Gasteiger partial charge in [0.2, 0.25) is 9.84 Å². The summed E-state index contributed by atoms with van der Waals surface area (Å²) in [4.78, 5) is 17.3. The van der Waals surface area contributed by atoms with Gasteiger partial charge in [-0.2, -0.15) is 4.68 Å². The maximum absolute atomic E-state index is 12.3. The first-order valence-electron chi connectivity index (χ1n) is 6.63. The zero-order valence-corrected chi connectivity index (χ0v) is 14.1. The lowest BCUT2D eigenvalue weighted by atomic mass is 10.4. The molecule has 0 aliphatic carbocycles. The fraction of sp³-hybridized carbons (Fsp3) is 0.462. The summed E-state index contributed by atoms with van der Waals surface area (Å²) in [5.74, 6) is 0. The van der Waals surface area contributed by atoms with E-state index in [1.54, 1.807) is 13.8 Å². The van der Waals surface area contributed by atoms with Gasteiger partial charge < -0.3 is 4.90 Å². The molecule has 0 spiro atoms. The monoisotopic (exact) mass is 346 g/mol. The Morgan fingerprint density at radius 1 is 1.59 bits per heavy atom. The van der Waals surface area contributed by atoms with Crippen LogP contribution in [-0.4, -0.2) is 52.5 Å². The predicted octanol–water partition coefficient (Wildman–Crippen LogP) is 2.06. The smallest absolute Gasteiger partial charge is 0.314 e. The molecule has 0 saturated carbocycles. The van der Waals surface area contributed by atoms with Crippen LogP contribution in [0.2, 0.25) is 0 Å². The molecule has 0 N–H and O–H groups in total. The second-order valence-electron chi connectivity index (χ2n) is 4.70. The Balaban J connectivity index is 3.06. The Labute approximate surface area is 135 Å². The summed E-state index contributed by atoms with van der Waals surface area (Å²) in [6.07, 6.45) is 3.02. The van der Waals surface area contributed by atoms with Gasteiger partial charge >= 0.3 is 6.03 Å². The van der Waals surface area contributed by atoms with Crippen LogP contribution >= 0.6 is 11.6 Å². The summed E-state index contributed by atoms with van der Waals surface area (Å²) in [7, 11) is -3.64. The third-order valence-corrected chi connectivity index (χ3v) is 5.22. The van der Waals surface area contributed by atoms with E-state index in [4.69, 9.17) is 11.6 Å². The van der Waals surface area contributed by atoms with Crippen LogP contribution in [-0.2, 0) is 9.84 Å². The van der Waals surface area contributed by atoms with Crippen LogP contribution in [0.3, 0.4) is 0 Å². The molecule has 0 aliphatic heterocycles. The molecular weight excluding hydrogens is 328 g/mol. The second kappa shape index (κ2) is 7.55. The van der Waals surface area contributed by atoms with E-state index >= 15 is 0 Å². The molecule has 1 rings (SSSR count). The van der Waals surface area contributed by atoms with Crippen molar-refractivity contribution in [2.75, 3.05) is 13.1 Å². The van der Waals surface area contributed by atoms with E-state index in [2.05, 4.69) is 23.2 Å². The number of nitrogens with zero attached hydrogens (tertiary/aromatic N) is 4. The molecule has 0 aliphatic rings. The first kappa shape index (κ1) is 18.4. The van der Waals surface area contributed by atoms with Crippen LogP contribution in [0.4, 0.5) is 4.79 Å². The molecule has 0 bridgehead atoms. The number of carbonyl (C=O) groups excluding carboxylic acids is 1. The Morgan fingerprint density at radius 2 is 2.23 bits per heavy atom. The number of amides is 1. The number of carbonyl (C=O) groups is 1. The molecule has 0 fully saturated rings. The lowest BCUT2D eigenvalue weighted by Crippen LogP contribution is -2.36. The fourth-order valence-corrected chi connectivity index (χ4v) is 2.93. The quantitative estimate of drug-likeness (QED) is 0.705. The van der Waals surface area contributed by atoms with Crippen molar-refractivity contribution in [3.8, 4) is 0 Å². The van der Waals surface area contributed by atoms with E-state index in [0.717, 1.165) is 11.0 Å². The largest absolute Gasteiger partial charge is 0.346 e. The minimum Gasteiger partial charge on any atom is -0.314 e. The van der Waals surface area contributed by atoms with Crippen molar-refractivity contribution in [2.24, 2.45) is 0 Å². The average molecular weight is 347 g/mol. The van der Waals surface area contributed by atoms with E-state index in [-0.39, 0.29) is 23.3 Å². The Morgan fingerprint density at radius 3 is 2.73 bits per heavy atom. The van der Waals surface area contributed by atoms with Gasteiger partial charge in [0.15, 0.2) is 0 Å². The van der Waals surface area contributed by atoms with Crippen molar-refractivity contribution in [3.63, 3.8) is 0 Å². The third-order valence-electron chi connectivity index (χ3n) is 3.01. The van der Waals surface area contributed by atoms with Crippen molar-refractivity contribution in [3.05, 3.63) is 30.6 Å². The average Bonchev–Trinajstić information content (AvgIpc) is 2.95. The number of hydrogen-bond acceptors (Lipinski definition) is 5. The summed E-state index contributed by atoms with van der Waals surface area (Å²) in [5, 5.41) is 3.06.